The second-order valence-electron chi connectivity index (χ2n) is 8.67. The van der Waals surface area contributed by atoms with Gasteiger partial charge in [0.1, 0.15) is 5.78 Å². The molecule has 0 saturated heterocycles. The van der Waals surface area contributed by atoms with E-state index in [0.717, 1.165) is 25.3 Å². The Morgan fingerprint density at radius 1 is 1.06 bits per heavy atom. The normalized spacial score (nSPS) is 14.4. The second kappa shape index (κ2) is 10.2. The van der Waals surface area contributed by atoms with E-state index in [2.05, 4.69) is 10.6 Å². The summed E-state index contributed by atoms with van der Waals surface area (Å²) >= 11 is 0. The molecule has 0 aliphatic heterocycles. The number of hydrogen-bond acceptors (Lipinski definition) is 4. The SMILES string of the molecule is C.CN(C)CC(=O)CC1(C(=O)NCc2ccc(Nc3ccccc3C(C)(F)F)cc2)CC1. The van der Waals surface area contributed by atoms with Crippen molar-refractivity contribution in [2.45, 2.75) is 46.1 Å². The van der Waals surface area contributed by atoms with Crippen LogP contribution in [0.3, 0.4) is 0 Å². The third-order valence-corrected chi connectivity index (χ3v) is 5.45. The average Bonchev–Trinajstić information content (AvgIpc) is 3.46. The van der Waals surface area contributed by atoms with E-state index in [1.165, 1.54) is 6.07 Å². The predicted molar refractivity (Wildman–Crippen MR) is 124 cm³/mol. The number of alkyl halides is 2. The van der Waals surface area contributed by atoms with Gasteiger partial charge < -0.3 is 15.5 Å². The number of anilines is 2. The maximum Gasteiger partial charge on any atom is 0.272 e. The molecule has 0 heterocycles. The molecule has 7 heteroatoms. The molecule has 2 aromatic carbocycles. The van der Waals surface area contributed by atoms with Gasteiger partial charge in [0.25, 0.3) is 5.92 Å². The molecule has 1 aliphatic rings. The summed E-state index contributed by atoms with van der Waals surface area (Å²) in [6, 6.07) is 13.6. The van der Waals surface area contributed by atoms with Gasteiger partial charge in [-0.2, -0.15) is 0 Å². The number of nitrogens with zero attached hydrogens (tertiary/aromatic N) is 1. The van der Waals surface area contributed by atoms with Gasteiger partial charge in [-0.25, -0.2) is 8.78 Å². The largest absolute Gasteiger partial charge is 0.355 e. The Bertz CT molecular complexity index is 933. The molecule has 0 unspecified atom stereocenters. The molecule has 1 saturated carbocycles. The van der Waals surface area contributed by atoms with E-state index in [0.29, 0.717) is 24.5 Å². The van der Waals surface area contributed by atoms with E-state index in [-0.39, 0.29) is 31.1 Å². The zero-order chi connectivity index (χ0) is 22.6. The summed E-state index contributed by atoms with van der Waals surface area (Å²) in [7, 11) is 3.67. The number of nitrogens with one attached hydrogen (secondary N) is 2. The van der Waals surface area contributed by atoms with Gasteiger partial charge in [0, 0.05) is 36.8 Å². The van der Waals surface area contributed by atoms with Gasteiger partial charge in [0.15, 0.2) is 0 Å². The van der Waals surface area contributed by atoms with Crippen molar-refractivity contribution in [1.29, 1.82) is 0 Å². The summed E-state index contributed by atoms with van der Waals surface area (Å²) in [6.07, 6.45) is 1.76. The topological polar surface area (TPSA) is 61.4 Å². The summed E-state index contributed by atoms with van der Waals surface area (Å²) in [6.45, 7) is 1.57. The van der Waals surface area contributed by atoms with Crippen LogP contribution in [0.1, 0.15) is 44.7 Å². The summed E-state index contributed by atoms with van der Waals surface area (Å²) in [5.41, 5.74) is 1.31. The smallest absolute Gasteiger partial charge is 0.272 e. The van der Waals surface area contributed by atoms with Crippen LogP contribution in [0.2, 0.25) is 0 Å². The van der Waals surface area contributed by atoms with E-state index in [1.54, 1.807) is 30.3 Å². The van der Waals surface area contributed by atoms with Gasteiger partial charge in [-0.3, -0.25) is 9.59 Å². The van der Waals surface area contributed by atoms with Crippen LogP contribution in [0.4, 0.5) is 20.2 Å². The molecular formula is C25H33F2N3O2. The predicted octanol–water partition coefficient (Wildman–Crippen LogP) is 5.10. The van der Waals surface area contributed by atoms with Crippen molar-refractivity contribution in [2.24, 2.45) is 5.41 Å². The number of Topliss-reactive ketones (excluding diaryl/α,β-unsaturated/α-hetero) is 1. The summed E-state index contributed by atoms with van der Waals surface area (Å²) in [5.74, 6) is -2.95. The highest BCUT2D eigenvalue weighted by Gasteiger charge is 2.50. The Morgan fingerprint density at radius 2 is 1.69 bits per heavy atom. The van der Waals surface area contributed by atoms with Crippen LogP contribution < -0.4 is 10.6 Å². The summed E-state index contributed by atoms with van der Waals surface area (Å²) in [5, 5.41) is 5.97. The fraction of sp³-hybridized carbons (Fsp3) is 0.440. The van der Waals surface area contributed by atoms with Crippen molar-refractivity contribution in [3.05, 3.63) is 59.7 Å². The maximum atomic E-state index is 13.8. The van der Waals surface area contributed by atoms with Crippen molar-refractivity contribution in [3.63, 3.8) is 0 Å². The summed E-state index contributed by atoms with van der Waals surface area (Å²) < 4.78 is 27.6. The fourth-order valence-corrected chi connectivity index (χ4v) is 3.63. The molecule has 32 heavy (non-hydrogen) atoms. The number of amides is 1. The van der Waals surface area contributed by atoms with Gasteiger partial charge in [-0.05, 0) is 50.7 Å². The third kappa shape index (κ3) is 6.60. The summed E-state index contributed by atoms with van der Waals surface area (Å²) in [4.78, 5) is 26.5. The molecule has 5 nitrogen and oxygen atoms in total. The second-order valence-corrected chi connectivity index (χ2v) is 8.67. The minimum absolute atomic E-state index is 0. The highest BCUT2D eigenvalue weighted by atomic mass is 19.3. The number of ketones is 1. The first-order valence-corrected chi connectivity index (χ1v) is 10.4. The van der Waals surface area contributed by atoms with Gasteiger partial charge in [-0.1, -0.05) is 37.8 Å². The number of carbonyl (C=O) groups is 2. The minimum Gasteiger partial charge on any atom is -0.355 e. The molecule has 1 fully saturated rings. The Labute approximate surface area is 189 Å². The Hall–Kier alpha value is -2.80. The fourth-order valence-electron chi connectivity index (χ4n) is 3.63. The lowest BCUT2D eigenvalue weighted by Crippen LogP contribution is -2.34. The van der Waals surface area contributed by atoms with Crippen molar-refractivity contribution < 1.29 is 18.4 Å². The number of para-hydroxylation sites is 1. The standard InChI is InChI=1S/C24H29F2N3O2.CH4/c1-23(25,26)20-6-4-5-7-21(20)28-18-10-8-17(9-11-18)15-27-22(31)24(12-13-24)14-19(30)16-29(2)3;/h4-11,28H,12-16H2,1-3H3,(H,27,31);1H4. The number of rotatable bonds is 10. The molecule has 0 aromatic heterocycles. The van der Waals surface area contributed by atoms with E-state index in [1.807, 2.05) is 31.1 Å². The highest BCUT2D eigenvalue weighted by Crippen LogP contribution is 2.49. The first-order valence-electron chi connectivity index (χ1n) is 10.4. The van der Waals surface area contributed by atoms with Crippen molar-refractivity contribution in [2.75, 3.05) is 26.0 Å². The van der Waals surface area contributed by atoms with E-state index >= 15 is 0 Å². The zero-order valence-electron chi connectivity index (χ0n) is 18.2. The molecule has 0 atom stereocenters. The van der Waals surface area contributed by atoms with Crippen LogP contribution >= 0.6 is 0 Å². The van der Waals surface area contributed by atoms with E-state index in [9.17, 15) is 18.4 Å². The lowest BCUT2D eigenvalue weighted by molar-refractivity contribution is -0.131. The lowest BCUT2D eigenvalue weighted by Gasteiger charge is -2.17. The minimum atomic E-state index is -2.94. The van der Waals surface area contributed by atoms with Crippen LogP contribution in [0.5, 0.6) is 0 Å². The lowest BCUT2D eigenvalue weighted by atomic mass is 9.98. The van der Waals surface area contributed by atoms with Crippen LogP contribution in [0, 0.1) is 5.41 Å². The molecule has 0 radical (unpaired) electrons. The molecule has 1 aliphatic carbocycles. The van der Waals surface area contributed by atoms with E-state index < -0.39 is 11.3 Å². The first-order chi connectivity index (χ1) is 14.6. The van der Waals surface area contributed by atoms with Crippen molar-refractivity contribution in [3.8, 4) is 0 Å². The number of benzene rings is 2. The average molecular weight is 446 g/mol. The quantitative estimate of drug-likeness (QED) is 0.534. The van der Waals surface area contributed by atoms with Crippen LogP contribution in [0.15, 0.2) is 48.5 Å². The number of carbonyl (C=O) groups excluding carboxylic acids is 2. The van der Waals surface area contributed by atoms with Crippen LogP contribution in [0.25, 0.3) is 0 Å². The molecule has 2 aromatic rings. The van der Waals surface area contributed by atoms with Gasteiger partial charge >= 0.3 is 0 Å². The Morgan fingerprint density at radius 3 is 2.25 bits per heavy atom. The molecule has 3 rings (SSSR count). The van der Waals surface area contributed by atoms with Crippen molar-refractivity contribution in [1.82, 2.24) is 10.2 Å². The van der Waals surface area contributed by atoms with Gasteiger partial charge in [-0.15, -0.1) is 0 Å². The van der Waals surface area contributed by atoms with Crippen LogP contribution in [-0.2, 0) is 22.1 Å². The Balaban J connectivity index is 0.00000363. The molecule has 1 amide bonds. The molecule has 0 spiro atoms. The first kappa shape index (κ1) is 25.5. The number of likely N-dealkylation sites (N-methyl/N-ethyl adjacent to an activating group) is 1. The molecular weight excluding hydrogens is 412 g/mol. The Kier molecular flexibility index (Phi) is 8.13. The maximum absolute atomic E-state index is 13.8. The molecule has 2 N–H and O–H groups in total. The van der Waals surface area contributed by atoms with Gasteiger partial charge in [0.05, 0.1) is 12.0 Å². The number of hydrogen-bond donors (Lipinski definition) is 2. The highest BCUT2D eigenvalue weighted by molar-refractivity contribution is 5.92. The third-order valence-electron chi connectivity index (χ3n) is 5.45. The van der Waals surface area contributed by atoms with Crippen LogP contribution in [-0.4, -0.2) is 37.2 Å². The molecule has 0 bridgehead atoms. The van der Waals surface area contributed by atoms with E-state index in [4.69, 9.17) is 0 Å². The molecule has 174 valence electrons. The number of halogens is 2. The van der Waals surface area contributed by atoms with Crippen molar-refractivity contribution >= 4 is 23.1 Å². The zero-order valence-corrected chi connectivity index (χ0v) is 18.2. The van der Waals surface area contributed by atoms with Gasteiger partial charge in [0.2, 0.25) is 5.91 Å². The monoisotopic (exact) mass is 445 g/mol.